The third-order valence-corrected chi connectivity index (χ3v) is 4.14. The molecule has 1 N–H and O–H groups in total. The summed E-state index contributed by atoms with van der Waals surface area (Å²) in [5.74, 6) is 0.0645. The Balaban J connectivity index is 2.75. The largest absolute Gasteiger partial charge is 0.380 e. The Bertz CT molecular complexity index is 369. The molecule has 21 heavy (non-hydrogen) atoms. The quantitative estimate of drug-likeness (QED) is 0.697. The van der Waals surface area contributed by atoms with E-state index in [1.807, 2.05) is 13.8 Å². The number of ether oxygens (including phenoxy) is 1. The number of amides is 2. The molecule has 0 aromatic carbocycles. The Morgan fingerprint density at radius 3 is 2.52 bits per heavy atom. The molecule has 1 aliphatic rings. The van der Waals surface area contributed by atoms with Gasteiger partial charge in [-0.1, -0.05) is 33.6 Å². The Hall–Kier alpha value is -1.10. The molecule has 1 fully saturated rings. The summed E-state index contributed by atoms with van der Waals surface area (Å²) in [5, 5.41) is 2.84. The Morgan fingerprint density at radius 1 is 1.29 bits per heavy atom. The Labute approximate surface area is 128 Å². The van der Waals surface area contributed by atoms with E-state index in [1.165, 1.54) is 0 Å². The number of hydrogen-bond acceptors (Lipinski definition) is 3. The van der Waals surface area contributed by atoms with Crippen LogP contribution in [-0.2, 0) is 14.3 Å². The number of rotatable bonds is 8. The summed E-state index contributed by atoms with van der Waals surface area (Å²) in [6.07, 6.45) is 2.97. The number of hydrogen-bond donors (Lipinski definition) is 1. The molecule has 0 aromatic heterocycles. The molecule has 2 atom stereocenters. The number of piperazine rings is 1. The molecule has 1 heterocycles. The highest BCUT2D eigenvalue weighted by Gasteiger charge is 2.46. The summed E-state index contributed by atoms with van der Waals surface area (Å²) < 4.78 is 5.56. The highest BCUT2D eigenvalue weighted by atomic mass is 16.5. The molecule has 122 valence electrons. The van der Waals surface area contributed by atoms with Gasteiger partial charge in [0.2, 0.25) is 11.8 Å². The second-order valence-electron chi connectivity index (χ2n) is 6.41. The van der Waals surface area contributed by atoms with Crippen LogP contribution in [0.25, 0.3) is 0 Å². The smallest absolute Gasteiger partial charge is 0.248 e. The molecule has 5 nitrogen and oxygen atoms in total. The SMILES string of the molecule is CCCCOCCN1C(=O)C(C)(C)NC(=O)C1C(C)CC. The van der Waals surface area contributed by atoms with Crippen molar-refractivity contribution in [2.24, 2.45) is 5.92 Å². The summed E-state index contributed by atoms with van der Waals surface area (Å²) in [5.41, 5.74) is -0.829. The van der Waals surface area contributed by atoms with Crippen molar-refractivity contribution in [3.8, 4) is 0 Å². The molecule has 5 heteroatoms. The van der Waals surface area contributed by atoms with E-state index >= 15 is 0 Å². The number of carbonyl (C=O) groups is 2. The zero-order valence-corrected chi connectivity index (χ0v) is 14.1. The minimum atomic E-state index is -0.829. The lowest BCUT2D eigenvalue weighted by Crippen LogP contribution is -2.69. The van der Waals surface area contributed by atoms with Crippen LogP contribution in [0.3, 0.4) is 0 Å². The zero-order valence-electron chi connectivity index (χ0n) is 14.1. The van der Waals surface area contributed by atoms with E-state index in [9.17, 15) is 9.59 Å². The van der Waals surface area contributed by atoms with Crippen LogP contribution < -0.4 is 5.32 Å². The summed E-state index contributed by atoms with van der Waals surface area (Å²) >= 11 is 0. The third kappa shape index (κ3) is 4.43. The highest BCUT2D eigenvalue weighted by molar-refractivity contribution is 5.99. The van der Waals surface area contributed by atoms with Gasteiger partial charge in [0, 0.05) is 13.2 Å². The average molecular weight is 298 g/mol. The first-order chi connectivity index (χ1) is 9.85. The zero-order chi connectivity index (χ0) is 16.0. The highest BCUT2D eigenvalue weighted by Crippen LogP contribution is 2.24. The van der Waals surface area contributed by atoms with Crippen LogP contribution in [0, 0.1) is 5.92 Å². The maximum Gasteiger partial charge on any atom is 0.248 e. The summed E-state index contributed by atoms with van der Waals surface area (Å²) in [4.78, 5) is 26.7. The molecule has 1 aliphatic heterocycles. The van der Waals surface area contributed by atoms with Gasteiger partial charge >= 0.3 is 0 Å². The molecule has 0 bridgehead atoms. The fourth-order valence-corrected chi connectivity index (χ4v) is 2.60. The second-order valence-corrected chi connectivity index (χ2v) is 6.41. The third-order valence-electron chi connectivity index (χ3n) is 4.14. The first-order valence-corrected chi connectivity index (χ1v) is 8.06. The standard InChI is InChI=1S/C16H30N2O3/c1-6-8-10-21-11-9-18-13(12(3)7-2)14(19)17-16(4,5)15(18)20/h12-13H,6-11H2,1-5H3,(H,17,19). The van der Waals surface area contributed by atoms with Crippen molar-refractivity contribution in [2.75, 3.05) is 19.8 Å². The van der Waals surface area contributed by atoms with Crippen LogP contribution >= 0.6 is 0 Å². The maximum absolute atomic E-state index is 12.6. The lowest BCUT2D eigenvalue weighted by molar-refractivity contribution is -0.156. The van der Waals surface area contributed by atoms with Crippen molar-refractivity contribution in [3.05, 3.63) is 0 Å². The lowest BCUT2D eigenvalue weighted by Gasteiger charge is -2.44. The second kappa shape index (κ2) is 7.78. The van der Waals surface area contributed by atoms with E-state index < -0.39 is 5.54 Å². The first-order valence-electron chi connectivity index (χ1n) is 8.06. The van der Waals surface area contributed by atoms with Gasteiger partial charge in [0.15, 0.2) is 0 Å². The van der Waals surface area contributed by atoms with Crippen molar-refractivity contribution in [3.63, 3.8) is 0 Å². The molecule has 0 aromatic rings. The van der Waals surface area contributed by atoms with Gasteiger partial charge in [-0.15, -0.1) is 0 Å². The van der Waals surface area contributed by atoms with Crippen molar-refractivity contribution in [1.29, 1.82) is 0 Å². The summed E-state index contributed by atoms with van der Waals surface area (Å²) in [6.45, 7) is 11.4. The van der Waals surface area contributed by atoms with Gasteiger partial charge in [-0.05, 0) is 26.2 Å². The van der Waals surface area contributed by atoms with Gasteiger partial charge < -0.3 is 15.0 Å². The van der Waals surface area contributed by atoms with Gasteiger partial charge in [-0.3, -0.25) is 9.59 Å². The topological polar surface area (TPSA) is 58.6 Å². The Kier molecular flexibility index (Phi) is 6.65. The van der Waals surface area contributed by atoms with E-state index in [4.69, 9.17) is 4.74 Å². The average Bonchev–Trinajstić information content (AvgIpc) is 2.42. The molecule has 0 radical (unpaired) electrons. The molecule has 1 rings (SSSR count). The van der Waals surface area contributed by atoms with E-state index in [0.29, 0.717) is 19.8 Å². The molecule has 0 aliphatic carbocycles. The number of nitrogens with one attached hydrogen (secondary N) is 1. The number of unbranched alkanes of at least 4 members (excludes halogenated alkanes) is 1. The van der Waals surface area contributed by atoms with Crippen molar-refractivity contribution in [1.82, 2.24) is 10.2 Å². The molecule has 1 saturated heterocycles. The maximum atomic E-state index is 12.6. The molecule has 2 unspecified atom stereocenters. The van der Waals surface area contributed by atoms with Gasteiger partial charge in [-0.25, -0.2) is 0 Å². The summed E-state index contributed by atoms with van der Waals surface area (Å²) in [7, 11) is 0. The van der Waals surface area contributed by atoms with Gasteiger partial charge in [0.1, 0.15) is 11.6 Å². The van der Waals surface area contributed by atoms with Gasteiger partial charge in [0.05, 0.1) is 6.61 Å². The van der Waals surface area contributed by atoms with Crippen molar-refractivity contribution < 1.29 is 14.3 Å². The molecular formula is C16H30N2O3. The van der Waals surface area contributed by atoms with E-state index in [0.717, 1.165) is 19.3 Å². The van der Waals surface area contributed by atoms with Crippen LogP contribution in [0.1, 0.15) is 53.9 Å². The van der Waals surface area contributed by atoms with Gasteiger partial charge in [-0.2, -0.15) is 0 Å². The first kappa shape index (κ1) is 18.0. The monoisotopic (exact) mass is 298 g/mol. The molecule has 2 amide bonds. The Morgan fingerprint density at radius 2 is 1.95 bits per heavy atom. The lowest BCUT2D eigenvalue weighted by atomic mass is 9.89. The van der Waals surface area contributed by atoms with Crippen LogP contribution in [0.4, 0.5) is 0 Å². The molecule has 0 saturated carbocycles. The minimum Gasteiger partial charge on any atom is -0.380 e. The fourth-order valence-electron chi connectivity index (χ4n) is 2.60. The normalized spacial score (nSPS) is 23.1. The minimum absolute atomic E-state index is 0.0218. The van der Waals surface area contributed by atoms with Crippen molar-refractivity contribution >= 4 is 11.8 Å². The van der Waals surface area contributed by atoms with Crippen LogP contribution in [0.15, 0.2) is 0 Å². The molecular weight excluding hydrogens is 268 g/mol. The number of nitrogens with zero attached hydrogens (tertiary/aromatic N) is 1. The van der Waals surface area contributed by atoms with Crippen molar-refractivity contribution in [2.45, 2.75) is 65.5 Å². The number of carbonyl (C=O) groups excluding carboxylic acids is 2. The van der Waals surface area contributed by atoms with Crippen LogP contribution in [0.5, 0.6) is 0 Å². The van der Waals surface area contributed by atoms with E-state index in [-0.39, 0.29) is 23.8 Å². The fraction of sp³-hybridized carbons (Fsp3) is 0.875. The molecule has 0 spiro atoms. The predicted octanol–water partition coefficient (Wildman–Crippen LogP) is 1.95. The van der Waals surface area contributed by atoms with Crippen LogP contribution in [0.2, 0.25) is 0 Å². The van der Waals surface area contributed by atoms with E-state index in [2.05, 4.69) is 12.2 Å². The van der Waals surface area contributed by atoms with Crippen LogP contribution in [-0.4, -0.2) is 48.1 Å². The summed E-state index contributed by atoms with van der Waals surface area (Å²) in [6, 6.07) is -0.384. The predicted molar refractivity (Wildman–Crippen MR) is 82.9 cm³/mol. The van der Waals surface area contributed by atoms with Gasteiger partial charge in [0.25, 0.3) is 0 Å². The van der Waals surface area contributed by atoms with E-state index in [1.54, 1.807) is 18.7 Å².